The fraction of sp³-hybridized carbons (Fsp3) is 0.650. The Hall–Kier alpha value is -1.79. The van der Waals surface area contributed by atoms with Gasteiger partial charge in [0, 0.05) is 32.8 Å². The van der Waals surface area contributed by atoms with Gasteiger partial charge in [-0.05, 0) is 57.0 Å². The maximum absolute atomic E-state index is 5.30. The highest BCUT2D eigenvalue weighted by atomic mass is 16.5. The smallest absolute Gasteiger partial charge is 0.191 e. The molecule has 2 unspecified atom stereocenters. The molecule has 1 heterocycles. The van der Waals surface area contributed by atoms with Gasteiger partial charge in [-0.25, -0.2) is 0 Å². The molecule has 2 rings (SSSR count). The lowest BCUT2D eigenvalue weighted by Crippen LogP contribution is -2.41. The number of benzene rings is 1. The molecule has 1 aliphatic rings. The van der Waals surface area contributed by atoms with Crippen molar-refractivity contribution in [1.82, 2.24) is 15.5 Å². The maximum Gasteiger partial charge on any atom is 0.191 e. The van der Waals surface area contributed by atoms with Gasteiger partial charge in [-0.15, -0.1) is 0 Å². The van der Waals surface area contributed by atoms with Gasteiger partial charge in [-0.2, -0.15) is 0 Å². The Balaban J connectivity index is 2.08. The second-order valence-electron chi connectivity index (χ2n) is 6.74. The number of aliphatic imine (C=N–C) groups is 1. The van der Waals surface area contributed by atoms with Gasteiger partial charge in [0.25, 0.3) is 0 Å². The molecule has 0 aromatic heterocycles. The predicted molar refractivity (Wildman–Crippen MR) is 107 cm³/mol. The van der Waals surface area contributed by atoms with Crippen LogP contribution in [0.5, 0.6) is 5.75 Å². The SMILES string of the molecule is CCNC(=NCC1CCCN(C)C1c1ccc(OC)cc1)NCCOC. The summed E-state index contributed by atoms with van der Waals surface area (Å²) in [6, 6.07) is 8.86. The van der Waals surface area contributed by atoms with Gasteiger partial charge in [-0.1, -0.05) is 12.1 Å². The zero-order valence-electron chi connectivity index (χ0n) is 16.6. The van der Waals surface area contributed by atoms with Crippen LogP contribution in [0.25, 0.3) is 0 Å². The fourth-order valence-electron chi connectivity index (χ4n) is 3.60. The summed E-state index contributed by atoms with van der Waals surface area (Å²) in [4.78, 5) is 7.30. The molecule has 1 aromatic rings. The van der Waals surface area contributed by atoms with E-state index in [2.05, 4.69) is 53.8 Å². The molecule has 1 saturated heterocycles. The second kappa shape index (κ2) is 11.0. The minimum Gasteiger partial charge on any atom is -0.497 e. The second-order valence-corrected chi connectivity index (χ2v) is 6.74. The number of nitrogens with one attached hydrogen (secondary N) is 2. The number of nitrogens with zero attached hydrogens (tertiary/aromatic N) is 2. The number of ether oxygens (including phenoxy) is 2. The zero-order valence-corrected chi connectivity index (χ0v) is 16.6. The summed E-state index contributed by atoms with van der Waals surface area (Å²) in [5.41, 5.74) is 1.34. The average molecular weight is 363 g/mol. The first kappa shape index (κ1) is 20.5. The van der Waals surface area contributed by atoms with Gasteiger partial charge < -0.3 is 20.1 Å². The molecule has 1 fully saturated rings. The minimum atomic E-state index is 0.389. The van der Waals surface area contributed by atoms with Crippen molar-refractivity contribution in [3.8, 4) is 5.75 Å². The average Bonchev–Trinajstić information content (AvgIpc) is 2.66. The lowest BCUT2D eigenvalue weighted by molar-refractivity contribution is 0.125. The van der Waals surface area contributed by atoms with Crippen LogP contribution in [-0.4, -0.2) is 64.9 Å². The maximum atomic E-state index is 5.30. The number of likely N-dealkylation sites (tertiary alicyclic amines) is 1. The Kier molecular flexibility index (Phi) is 8.71. The van der Waals surface area contributed by atoms with Gasteiger partial charge in [0.05, 0.1) is 13.7 Å². The Morgan fingerprint density at radius 3 is 2.65 bits per heavy atom. The van der Waals surface area contributed by atoms with Crippen LogP contribution in [0.4, 0.5) is 0 Å². The molecule has 2 N–H and O–H groups in total. The Morgan fingerprint density at radius 1 is 1.23 bits per heavy atom. The van der Waals surface area contributed by atoms with Crippen LogP contribution in [-0.2, 0) is 4.74 Å². The van der Waals surface area contributed by atoms with Crippen molar-refractivity contribution < 1.29 is 9.47 Å². The summed E-state index contributed by atoms with van der Waals surface area (Å²) in [7, 11) is 5.63. The molecular formula is C20H34N4O2. The van der Waals surface area contributed by atoms with Gasteiger partial charge in [-0.3, -0.25) is 9.89 Å². The zero-order chi connectivity index (χ0) is 18.8. The highest BCUT2D eigenvalue weighted by Crippen LogP contribution is 2.35. The Bertz CT molecular complexity index is 547. The van der Waals surface area contributed by atoms with Crippen molar-refractivity contribution in [2.45, 2.75) is 25.8 Å². The molecule has 0 amide bonds. The summed E-state index contributed by atoms with van der Waals surface area (Å²) >= 11 is 0. The number of methoxy groups -OCH3 is 2. The molecule has 0 aliphatic carbocycles. The molecule has 0 bridgehead atoms. The summed E-state index contributed by atoms with van der Waals surface area (Å²) in [6.45, 7) is 6.31. The summed E-state index contributed by atoms with van der Waals surface area (Å²) < 4.78 is 10.4. The van der Waals surface area contributed by atoms with Gasteiger partial charge >= 0.3 is 0 Å². The molecule has 1 aromatic carbocycles. The number of hydrogen-bond donors (Lipinski definition) is 2. The van der Waals surface area contributed by atoms with Crippen molar-refractivity contribution in [3.05, 3.63) is 29.8 Å². The molecular weight excluding hydrogens is 328 g/mol. The Labute approximate surface area is 158 Å². The third-order valence-electron chi connectivity index (χ3n) is 4.89. The van der Waals surface area contributed by atoms with E-state index in [1.807, 2.05) is 0 Å². The molecule has 26 heavy (non-hydrogen) atoms. The van der Waals surface area contributed by atoms with E-state index >= 15 is 0 Å². The highest BCUT2D eigenvalue weighted by molar-refractivity contribution is 5.79. The molecule has 1 aliphatic heterocycles. The predicted octanol–water partition coefficient (Wildman–Crippen LogP) is 2.28. The number of hydrogen-bond acceptors (Lipinski definition) is 4. The first-order valence-electron chi connectivity index (χ1n) is 9.54. The Morgan fingerprint density at radius 2 is 2.00 bits per heavy atom. The first-order valence-corrected chi connectivity index (χ1v) is 9.54. The van der Waals surface area contributed by atoms with Crippen LogP contribution in [0.1, 0.15) is 31.4 Å². The van der Waals surface area contributed by atoms with E-state index in [0.717, 1.165) is 37.9 Å². The monoisotopic (exact) mass is 362 g/mol. The molecule has 0 radical (unpaired) electrons. The van der Waals surface area contributed by atoms with E-state index in [1.165, 1.54) is 18.4 Å². The van der Waals surface area contributed by atoms with Crippen molar-refractivity contribution >= 4 is 5.96 Å². The van der Waals surface area contributed by atoms with E-state index in [-0.39, 0.29) is 0 Å². The standard InChI is InChI=1S/C20H34N4O2/c1-5-21-20(22-12-14-25-3)23-15-17-7-6-13-24(2)19(17)16-8-10-18(26-4)11-9-16/h8-11,17,19H,5-7,12-15H2,1-4H3,(H2,21,22,23). The molecule has 2 atom stereocenters. The van der Waals surface area contributed by atoms with E-state index < -0.39 is 0 Å². The third kappa shape index (κ3) is 5.88. The number of piperidine rings is 1. The van der Waals surface area contributed by atoms with Crippen LogP contribution in [0.2, 0.25) is 0 Å². The van der Waals surface area contributed by atoms with Crippen LogP contribution in [0, 0.1) is 5.92 Å². The minimum absolute atomic E-state index is 0.389. The van der Waals surface area contributed by atoms with Gasteiger partial charge in [0.2, 0.25) is 0 Å². The van der Waals surface area contributed by atoms with Crippen molar-refractivity contribution in [1.29, 1.82) is 0 Å². The molecule has 6 heteroatoms. The molecule has 0 saturated carbocycles. The van der Waals surface area contributed by atoms with Crippen molar-refractivity contribution in [2.75, 3.05) is 54.1 Å². The topological polar surface area (TPSA) is 58.1 Å². The molecule has 0 spiro atoms. The summed E-state index contributed by atoms with van der Waals surface area (Å²) in [6.07, 6.45) is 2.42. The van der Waals surface area contributed by atoms with Gasteiger partial charge in [0.15, 0.2) is 5.96 Å². The van der Waals surface area contributed by atoms with E-state index in [0.29, 0.717) is 18.6 Å². The van der Waals surface area contributed by atoms with E-state index in [9.17, 15) is 0 Å². The number of guanidine groups is 1. The van der Waals surface area contributed by atoms with E-state index in [1.54, 1.807) is 14.2 Å². The van der Waals surface area contributed by atoms with Crippen LogP contribution >= 0.6 is 0 Å². The van der Waals surface area contributed by atoms with E-state index in [4.69, 9.17) is 14.5 Å². The summed E-state index contributed by atoms with van der Waals surface area (Å²) in [5, 5.41) is 6.64. The molecule has 146 valence electrons. The van der Waals surface area contributed by atoms with Crippen LogP contribution in [0.3, 0.4) is 0 Å². The normalized spacial score (nSPS) is 21.5. The number of rotatable bonds is 8. The first-order chi connectivity index (χ1) is 12.7. The summed E-state index contributed by atoms with van der Waals surface area (Å²) in [5.74, 6) is 2.27. The van der Waals surface area contributed by atoms with Crippen molar-refractivity contribution in [3.63, 3.8) is 0 Å². The fourth-order valence-corrected chi connectivity index (χ4v) is 3.60. The van der Waals surface area contributed by atoms with Crippen LogP contribution < -0.4 is 15.4 Å². The largest absolute Gasteiger partial charge is 0.497 e. The highest BCUT2D eigenvalue weighted by Gasteiger charge is 2.30. The lowest BCUT2D eigenvalue weighted by atomic mass is 9.85. The van der Waals surface area contributed by atoms with Gasteiger partial charge in [0.1, 0.15) is 5.75 Å². The lowest BCUT2D eigenvalue weighted by Gasteiger charge is -2.39. The van der Waals surface area contributed by atoms with Crippen LogP contribution in [0.15, 0.2) is 29.3 Å². The third-order valence-corrected chi connectivity index (χ3v) is 4.89. The quantitative estimate of drug-likeness (QED) is 0.422. The van der Waals surface area contributed by atoms with Crippen molar-refractivity contribution in [2.24, 2.45) is 10.9 Å². The molecule has 6 nitrogen and oxygen atoms in total.